The molecule has 2 heterocycles. The number of carboxylic acids is 1. The number of hydrogen-bond acceptors (Lipinski definition) is 3. The summed E-state index contributed by atoms with van der Waals surface area (Å²) in [7, 11) is 1.91. The molecule has 0 spiro atoms. The predicted molar refractivity (Wildman–Crippen MR) is 91.3 cm³/mol. The zero-order valence-electron chi connectivity index (χ0n) is 15.2. The van der Waals surface area contributed by atoms with Crippen molar-refractivity contribution < 1.29 is 23.1 Å². The van der Waals surface area contributed by atoms with Gasteiger partial charge in [-0.1, -0.05) is 13.8 Å². The number of pyridine rings is 1. The van der Waals surface area contributed by atoms with Crippen molar-refractivity contribution in [2.45, 2.75) is 51.2 Å². The van der Waals surface area contributed by atoms with E-state index in [4.69, 9.17) is 0 Å². The first-order chi connectivity index (χ1) is 12.0. The first kappa shape index (κ1) is 20.5. The highest BCUT2D eigenvalue weighted by atomic mass is 19.4. The van der Waals surface area contributed by atoms with Gasteiger partial charge < -0.3 is 14.6 Å². The zero-order chi connectivity index (χ0) is 19.6. The molecule has 0 saturated carbocycles. The fourth-order valence-corrected chi connectivity index (χ4v) is 3.48. The fourth-order valence-electron chi connectivity index (χ4n) is 3.48. The maximum absolute atomic E-state index is 13.5. The molecule has 146 valence electrons. The minimum atomic E-state index is -4.65. The van der Waals surface area contributed by atoms with Gasteiger partial charge in [0.05, 0.1) is 5.56 Å². The normalized spacial score (nSPS) is 18.3. The number of hydrogen-bond donors (Lipinski definition) is 1. The lowest BCUT2D eigenvalue weighted by Gasteiger charge is -2.31. The van der Waals surface area contributed by atoms with Gasteiger partial charge in [-0.2, -0.15) is 13.2 Å². The second-order valence-electron chi connectivity index (χ2n) is 7.45. The molecule has 1 aromatic heterocycles. The lowest BCUT2D eigenvalue weighted by Crippen LogP contribution is -2.34. The number of aromatic nitrogens is 1. The van der Waals surface area contributed by atoms with Crippen LogP contribution >= 0.6 is 0 Å². The van der Waals surface area contributed by atoms with Gasteiger partial charge in [-0.05, 0) is 56.8 Å². The first-order valence-electron chi connectivity index (χ1n) is 8.75. The Kier molecular flexibility index (Phi) is 6.16. The third-order valence-corrected chi connectivity index (χ3v) is 4.89. The van der Waals surface area contributed by atoms with Gasteiger partial charge >= 0.3 is 12.1 Å². The van der Waals surface area contributed by atoms with Gasteiger partial charge in [-0.25, -0.2) is 4.79 Å². The molecule has 5 nitrogen and oxygen atoms in total. The molecule has 0 aromatic carbocycles. The Hall–Kier alpha value is -1.83. The van der Waals surface area contributed by atoms with Crippen LogP contribution in [0.2, 0.25) is 0 Å². The van der Waals surface area contributed by atoms with Crippen molar-refractivity contribution in [3.05, 3.63) is 33.7 Å². The molecule has 2 rings (SSSR count). The van der Waals surface area contributed by atoms with Crippen molar-refractivity contribution in [2.75, 3.05) is 20.1 Å². The summed E-state index contributed by atoms with van der Waals surface area (Å²) in [5, 5.41) is 9.48. The quantitative estimate of drug-likeness (QED) is 0.859. The van der Waals surface area contributed by atoms with E-state index in [1.165, 1.54) is 0 Å². The first-order valence-corrected chi connectivity index (χ1v) is 8.75. The van der Waals surface area contributed by atoms with Crippen molar-refractivity contribution in [3.63, 3.8) is 0 Å². The Bertz CT molecular complexity index is 705. The highest BCUT2D eigenvalue weighted by Crippen LogP contribution is 2.38. The lowest BCUT2D eigenvalue weighted by molar-refractivity contribution is -0.141. The summed E-state index contributed by atoms with van der Waals surface area (Å²) in [6.07, 6.45) is -2.25. The molecule has 0 radical (unpaired) electrons. The van der Waals surface area contributed by atoms with Crippen LogP contribution in [0.5, 0.6) is 0 Å². The van der Waals surface area contributed by atoms with Crippen LogP contribution in [0.4, 0.5) is 13.2 Å². The number of rotatable bonds is 5. The summed E-state index contributed by atoms with van der Waals surface area (Å²) >= 11 is 0. The summed E-state index contributed by atoms with van der Waals surface area (Å²) < 4.78 is 41.4. The summed E-state index contributed by atoms with van der Waals surface area (Å²) in [5.41, 5.74) is -1.84. The smallest absolute Gasteiger partial charge is 0.416 e. The molecular formula is C18H25F3N2O3. The number of alkyl halides is 3. The van der Waals surface area contributed by atoms with Crippen LogP contribution in [-0.2, 0) is 11.0 Å². The minimum absolute atomic E-state index is 0.0166. The van der Waals surface area contributed by atoms with Gasteiger partial charge in [0.25, 0.3) is 5.56 Å². The largest absolute Gasteiger partial charge is 0.480 e. The van der Waals surface area contributed by atoms with E-state index >= 15 is 0 Å². The number of piperidine rings is 1. The summed E-state index contributed by atoms with van der Waals surface area (Å²) in [5.74, 6) is -1.57. The second kappa shape index (κ2) is 7.82. The maximum atomic E-state index is 13.5. The molecule has 1 unspecified atom stereocenters. The highest BCUT2D eigenvalue weighted by molar-refractivity contribution is 5.71. The van der Waals surface area contributed by atoms with Crippen molar-refractivity contribution in [2.24, 2.45) is 5.92 Å². The van der Waals surface area contributed by atoms with Gasteiger partial charge in [0.15, 0.2) is 0 Å². The molecule has 1 fully saturated rings. The van der Waals surface area contributed by atoms with Crippen LogP contribution in [0.1, 0.15) is 56.2 Å². The topological polar surface area (TPSA) is 62.5 Å². The average Bonchev–Trinajstić information content (AvgIpc) is 2.52. The minimum Gasteiger partial charge on any atom is -0.480 e. The molecule has 1 saturated heterocycles. The van der Waals surface area contributed by atoms with Gasteiger partial charge in [0, 0.05) is 12.3 Å². The molecule has 0 bridgehead atoms. The molecular weight excluding hydrogens is 349 g/mol. The molecule has 1 atom stereocenters. The van der Waals surface area contributed by atoms with Crippen LogP contribution in [0.3, 0.4) is 0 Å². The van der Waals surface area contributed by atoms with E-state index in [0.29, 0.717) is 32.0 Å². The Morgan fingerprint density at radius 1 is 1.31 bits per heavy atom. The van der Waals surface area contributed by atoms with Gasteiger partial charge in [0.2, 0.25) is 0 Å². The third kappa shape index (κ3) is 4.66. The number of carboxylic acid groups (broad SMARTS) is 1. The van der Waals surface area contributed by atoms with E-state index in [1.54, 1.807) is 0 Å². The maximum Gasteiger partial charge on any atom is 0.416 e. The molecule has 0 amide bonds. The molecule has 1 N–H and O–H groups in total. The van der Waals surface area contributed by atoms with E-state index in [0.717, 1.165) is 10.8 Å². The number of halogens is 3. The third-order valence-electron chi connectivity index (χ3n) is 4.89. The van der Waals surface area contributed by atoms with E-state index < -0.39 is 29.3 Å². The van der Waals surface area contributed by atoms with E-state index in [1.807, 2.05) is 25.8 Å². The van der Waals surface area contributed by atoms with Crippen LogP contribution in [-0.4, -0.2) is 40.7 Å². The molecule has 1 aliphatic rings. The molecule has 8 heteroatoms. The van der Waals surface area contributed by atoms with E-state index in [9.17, 15) is 27.9 Å². The van der Waals surface area contributed by atoms with Crippen molar-refractivity contribution >= 4 is 5.97 Å². The summed E-state index contributed by atoms with van der Waals surface area (Å²) in [6.45, 7) is 4.94. The van der Waals surface area contributed by atoms with Crippen molar-refractivity contribution in [1.82, 2.24) is 9.47 Å². The number of carbonyl (C=O) groups is 1. The average molecular weight is 374 g/mol. The van der Waals surface area contributed by atoms with Crippen LogP contribution < -0.4 is 5.56 Å². The van der Waals surface area contributed by atoms with Crippen molar-refractivity contribution in [3.8, 4) is 0 Å². The molecule has 26 heavy (non-hydrogen) atoms. The fraction of sp³-hybridized carbons (Fsp3) is 0.667. The van der Waals surface area contributed by atoms with Crippen molar-refractivity contribution in [1.29, 1.82) is 0 Å². The second-order valence-corrected chi connectivity index (χ2v) is 7.45. The SMILES string of the molecule is CC(C)CC(C(=O)O)n1cc(C2CCN(C)CC2)c(C(F)(F)F)cc1=O. The Morgan fingerprint density at radius 3 is 2.35 bits per heavy atom. The Balaban J connectivity index is 2.56. The molecule has 0 aliphatic carbocycles. The van der Waals surface area contributed by atoms with Gasteiger partial charge in [-0.3, -0.25) is 4.79 Å². The standard InChI is InChI=1S/C18H25F3N2O3/c1-11(2)8-15(17(25)26)23-10-13(12-4-6-22(3)7-5-12)14(9-16(23)24)18(19,20)21/h9-12,15H,4-8H2,1-3H3,(H,25,26). The van der Waals surface area contributed by atoms with Crippen LogP contribution in [0, 0.1) is 5.92 Å². The summed E-state index contributed by atoms with van der Waals surface area (Å²) in [4.78, 5) is 25.9. The Morgan fingerprint density at radius 2 is 1.88 bits per heavy atom. The number of likely N-dealkylation sites (tertiary alicyclic amines) is 1. The Labute approximate surface area is 150 Å². The van der Waals surface area contributed by atoms with Gasteiger partial charge in [0.1, 0.15) is 6.04 Å². The van der Waals surface area contributed by atoms with Crippen LogP contribution in [0.25, 0.3) is 0 Å². The molecule has 1 aliphatic heterocycles. The van der Waals surface area contributed by atoms with E-state index in [2.05, 4.69) is 0 Å². The van der Waals surface area contributed by atoms with Crippen LogP contribution in [0.15, 0.2) is 17.1 Å². The summed E-state index contributed by atoms with van der Waals surface area (Å²) in [6, 6.07) is -0.612. The number of nitrogens with zero attached hydrogens (tertiary/aromatic N) is 2. The van der Waals surface area contributed by atoms with Gasteiger partial charge in [-0.15, -0.1) is 0 Å². The lowest BCUT2D eigenvalue weighted by atomic mass is 9.87. The predicted octanol–water partition coefficient (Wildman–Crippen LogP) is 3.35. The monoisotopic (exact) mass is 374 g/mol. The molecule has 1 aromatic rings. The highest BCUT2D eigenvalue weighted by Gasteiger charge is 2.37. The zero-order valence-corrected chi connectivity index (χ0v) is 15.2. The van der Waals surface area contributed by atoms with E-state index in [-0.39, 0.29) is 23.8 Å². The number of aliphatic carboxylic acids is 1.